The van der Waals surface area contributed by atoms with Crippen molar-refractivity contribution in [3.8, 4) is 11.5 Å². The molecule has 160 valence electrons. The molecule has 2 aromatic carbocycles. The summed E-state index contributed by atoms with van der Waals surface area (Å²) in [5.74, 6) is -6.70. The van der Waals surface area contributed by atoms with Gasteiger partial charge in [0.1, 0.15) is 34.3 Å². The highest BCUT2D eigenvalue weighted by molar-refractivity contribution is 6.01. The van der Waals surface area contributed by atoms with Gasteiger partial charge in [-0.25, -0.2) is 9.59 Å². The van der Waals surface area contributed by atoms with Crippen molar-refractivity contribution in [3.63, 3.8) is 0 Å². The SMILES string of the molecule is O=C(O)c1cc(C(=C2CCC(=O)C(C(=O)O)C2)c2ccc(O)c(C(=O)O)c2)ccc1O. The monoisotopic (exact) mass is 426 g/mol. The molecule has 9 heteroatoms. The van der Waals surface area contributed by atoms with Crippen LogP contribution in [0.2, 0.25) is 0 Å². The van der Waals surface area contributed by atoms with E-state index in [1.54, 1.807) is 0 Å². The third-order valence-electron chi connectivity index (χ3n) is 5.20. The highest BCUT2D eigenvalue weighted by atomic mass is 16.4. The summed E-state index contributed by atoms with van der Waals surface area (Å²) in [4.78, 5) is 46.5. The number of hydrogen-bond donors (Lipinski definition) is 5. The van der Waals surface area contributed by atoms with Crippen molar-refractivity contribution in [2.75, 3.05) is 0 Å². The first-order valence-corrected chi connectivity index (χ1v) is 9.21. The van der Waals surface area contributed by atoms with Crippen molar-refractivity contribution in [3.05, 3.63) is 64.2 Å². The fourth-order valence-corrected chi connectivity index (χ4v) is 3.66. The van der Waals surface area contributed by atoms with Gasteiger partial charge < -0.3 is 25.5 Å². The molecule has 0 bridgehead atoms. The number of carbonyl (C=O) groups is 4. The van der Waals surface area contributed by atoms with Crippen LogP contribution >= 0.6 is 0 Å². The first kappa shape index (κ1) is 21.6. The van der Waals surface area contributed by atoms with Crippen molar-refractivity contribution in [1.29, 1.82) is 0 Å². The van der Waals surface area contributed by atoms with Crippen LogP contribution in [0.4, 0.5) is 0 Å². The Bertz CT molecular complexity index is 1080. The Morgan fingerprint density at radius 2 is 1.26 bits per heavy atom. The Hall–Kier alpha value is -4.14. The van der Waals surface area contributed by atoms with Gasteiger partial charge in [-0.15, -0.1) is 0 Å². The largest absolute Gasteiger partial charge is 0.507 e. The van der Waals surface area contributed by atoms with E-state index in [2.05, 4.69) is 0 Å². The number of benzene rings is 2. The summed E-state index contributed by atoms with van der Waals surface area (Å²) in [5, 5.41) is 47.8. The number of aromatic carboxylic acids is 2. The molecule has 3 rings (SSSR count). The normalized spacial score (nSPS) is 16.1. The predicted octanol–water partition coefficient (Wildman–Crippen LogP) is 2.75. The van der Waals surface area contributed by atoms with Crippen LogP contribution in [0.3, 0.4) is 0 Å². The summed E-state index contributed by atoms with van der Waals surface area (Å²) < 4.78 is 0. The molecule has 1 saturated carbocycles. The molecule has 1 aliphatic rings. The first-order chi connectivity index (χ1) is 14.6. The molecule has 0 radical (unpaired) electrons. The number of rotatable bonds is 5. The predicted molar refractivity (Wildman–Crippen MR) is 106 cm³/mol. The second-order valence-corrected chi connectivity index (χ2v) is 7.11. The van der Waals surface area contributed by atoms with Gasteiger partial charge in [-0.3, -0.25) is 9.59 Å². The van der Waals surface area contributed by atoms with E-state index in [-0.39, 0.29) is 19.3 Å². The summed E-state index contributed by atoms with van der Waals surface area (Å²) >= 11 is 0. The quantitative estimate of drug-likeness (QED) is 0.451. The summed E-state index contributed by atoms with van der Waals surface area (Å²) in [6, 6.07) is 7.56. The average Bonchev–Trinajstić information content (AvgIpc) is 2.71. The Balaban J connectivity index is 2.28. The molecule has 2 aromatic rings. The van der Waals surface area contributed by atoms with Gasteiger partial charge in [0, 0.05) is 6.42 Å². The molecule has 0 spiro atoms. The number of carbonyl (C=O) groups excluding carboxylic acids is 1. The van der Waals surface area contributed by atoms with Crippen LogP contribution < -0.4 is 0 Å². The second kappa shape index (κ2) is 8.31. The standard InChI is InChI=1S/C22H18O9/c23-16-4-1-10(7-13(16)20(26)27)19(11-2-5-17(24)14(8-11)21(28)29)12-3-6-18(25)15(9-12)22(30)31/h1-2,4-5,7-8,15,23-24H,3,6,9H2,(H,26,27)(H,28,29)(H,30,31). The Kier molecular flexibility index (Phi) is 5.78. The van der Waals surface area contributed by atoms with Crippen LogP contribution in [0.15, 0.2) is 42.0 Å². The smallest absolute Gasteiger partial charge is 0.339 e. The average molecular weight is 426 g/mol. The maximum atomic E-state index is 12.0. The van der Waals surface area contributed by atoms with E-state index in [0.717, 1.165) is 0 Å². The first-order valence-electron chi connectivity index (χ1n) is 9.21. The zero-order valence-corrected chi connectivity index (χ0v) is 16.0. The fourth-order valence-electron chi connectivity index (χ4n) is 3.66. The Labute approximate surface area is 175 Å². The van der Waals surface area contributed by atoms with E-state index in [4.69, 9.17) is 0 Å². The van der Waals surface area contributed by atoms with Crippen LogP contribution in [0.25, 0.3) is 5.57 Å². The van der Waals surface area contributed by atoms with Gasteiger partial charge in [-0.2, -0.15) is 0 Å². The van der Waals surface area contributed by atoms with Gasteiger partial charge in [-0.1, -0.05) is 17.7 Å². The van der Waals surface area contributed by atoms with E-state index in [9.17, 15) is 44.7 Å². The number of aromatic hydroxyl groups is 2. The number of phenols is 2. The lowest BCUT2D eigenvalue weighted by molar-refractivity contribution is -0.146. The summed E-state index contributed by atoms with van der Waals surface area (Å²) in [5.41, 5.74) is 0.681. The van der Waals surface area contributed by atoms with Crippen molar-refractivity contribution >= 4 is 29.3 Å². The number of carboxylic acid groups (broad SMARTS) is 3. The maximum Gasteiger partial charge on any atom is 0.339 e. The lowest BCUT2D eigenvalue weighted by atomic mass is 9.79. The topological polar surface area (TPSA) is 169 Å². The molecular weight excluding hydrogens is 408 g/mol. The Morgan fingerprint density at radius 3 is 1.68 bits per heavy atom. The molecule has 0 saturated heterocycles. The third kappa shape index (κ3) is 4.25. The van der Waals surface area contributed by atoms with Gasteiger partial charge in [0.05, 0.1) is 0 Å². The molecule has 0 amide bonds. The number of carboxylic acids is 3. The van der Waals surface area contributed by atoms with E-state index in [1.807, 2.05) is 0 Å². The number of allylic oxidation sites excluding steroid dienone is 1. The molecule has 0 aromatic heterocycles. The fraction of sp³-hybridized carbons (Fsp3) is 0.182. The zero-order chi connectivity index (χ0) is 22.9. The van der Waals surface area contributed by atoms with Crippen molar-refractivity contribution in [2.24, 2.45) is 5.92 Å². The lowest BCUT2D eigenvalue weighted by Gasteiger charge is -2.24. The molecule has 1 fully saturated rings. The number of ketones is 1. The van der Waals surface area contributed by atoms with Crippen LogP contribution in [0.1, 0.15) is 51.1 Å². The van der Waals surface area contributed by atoms with Crippen LogP contribution in [-0.2, 0) is 9.59 Å². The van der Waals surface area contributed by atoms with Gasteiger partial charge in [0.15, 0.2) is 0 Å². The molecule has 1 unspecified atom stereocenters. The minimum Gasteiger partial charge on any atom is -0.507 e. The maximum absolute atomic E-state index is 12.0. The number of Topliss-reactive ketones (excluding diaryl/α,β-unsaturated/α-hetero) is 1. The highest BCUT2D eigenvalue weighted by Crippen LogP contribution is 2.38. The zero-order valence-electron chi connectivity index (χ0n) is 16.0. The van der Waals surface area contributed by atoms with Crippen LogP contribution in [0.5, 0.6) is 11.5 Å². The van der Waals surface area contributed by atoms with E-state index < -0.39 is 52.2 Å². The minimum absolute atomic E-state index is 0.0382. The molecule has 31 heavy (non-hydrogen) atoms. The molecular formula is C22H18O9. The van der Waals surface area contributed by atoms with Crippen LogP contribution in [0, 0.1) is 5.92 Å². The van der Waals surface area contributed by atoms with Crippen molar-refractivity contribution in [2.45, 2.75) is 19.3 Å². The molecule has 0 heterocycles. The van der Waals surface area contributed by atoms with Gasteiger partial charge in [0.2, 0.25) is 0 Å². The van der Waals surface area contributed by atoms with Gasteiger partial charge in [-0.05, 0) is 53.8 Å². The number of hydrogen-bond acceptors (Lipinski definition) is 6. The minimum atomic E-state index is -1.39. The lowest BCUT2D eigenvalue weighted by Crippen LogP contribution is -2.28. The van der Waals surface area contributed by atoms with E-state index >= 15 is 0 Å². The summed E-state index contributed by atoms with van der Waals surface area (Å²) in [6.45, 7) is 0. The molecule has 1 aliphatic carbocycles. The summed E-state index contributed by atoms with van der Waals surface area (Å²) in [7, 11) is 0. The number of aliphatic carboxylic acids is 1. The van der Waals surface area contributed by atoms with Crippen molar-refractivity contribution in [1.82, 2.24) is 0 Å². The molecule has 0 aliphatic heterocycles. The van der Waals surface area contributed by atoms with Crippen LogP contribution in [-0.4, -0.2) is 49.2 Å². The molecule has 1 atom stereocenters. The van der Waals surface area contributed by atoms with Gasteiger partial charge in [0.25, 0.3) is 0 Å². The highest BCUT2D eigenvalue weighted by Gasteiger charge is 2.33. The second-order valence-electron chi connectivity index (χ2n) is 7.11. The Morgan fingerprint density at radius 1 is 0.774 bits per heavy atom. The molecule has 5 N–H and O–H groups in total. The molecule has 9 nitrogen and oxygen atoms in total. The summed E-state index contributed by atoms with van der Waals surface area (Å²) in [6.07, 6.45) is 0.0319. The van der Waals surface area contributed by atoms with Gasteiger partial charge >= 0.3 is 17.9 Å². The third-order valence-corrected chi connectivity index (χ3v) is 5.20. The van der Waals surface area contributed by atoms with Crippen molar-refractivity contribution < 1.29 is 44.7 Å². The van der Waals surface area contributed by atoms with E-state index in [0.29, 0.717) is 22.3 Å². The van der Waals surface area contributed by atoms with E-state index in [1.165, 1.54) is 36.4 Å².